The van der Waals surface area contributed by atoms with Crippen LogP contribution in [0.4, 0.5) is 4.39 Å². The molecular formula is C19H22FNO2. The third-order valence-corrected chi connectivity index (χ3v) is 3.99. The van der Waals surface area contributed by atoms with Gasteiger partial charge in [-0.15, -0.1) is 0 Å². The Bertz CT molecular complexity index is 588. The van der Waals surface area contributed by atoms with Gasteiger partial charge >= 0.3 is 0 Å². The number of rotatable bonds is 8. The van der Waals surface area contributed by atoms with Gasteiger partial charge < -0.3 is 9.47 Å². The van der Waals surface area contributed by atoms with Crippen molar-refractivity contribution < 1.29 is 13.9 Å². The van der Waals surface area contributed by atoms with Crippen molar-refractivity contribution in [2.75, 3.05) is 19.8 Å². The van der Waals surface area contributed by atoms with Gasteiger partial charge in [0.1, 0.15) is 18.1 Å². The summed E-state index contributed by atoms with van der Waals surface area (Å²) in [7, 11) is 0. The van der Waals surface area contributed by atoms with E-state index >= 15 is 0 Å². The van der Waals surface area contributed by atoms with Crippen molar-refractivity contribution >= 4 is 0 Å². The lowest BCUT2D eigenvalue weighted by molar-refractivity contribution is -0.0553. The molecule has 1 aliphatic rings. The average Bonchev–Trinajstić information content (AvgIpc) is 2.59. The Labute approximate surface area is 136 Å². The molecule has 23 heavy (non-hydrogen) atoms. The normalized spacial score (nSPS) is 17.5. The molecule has 122 valence electrons. The molecule has 1 aliphatic heterocycles. The first-order valence-electron chi connectivity index (χ1n) is 8.08. The first-order valence-corrected chi connectivity index (χ1v) is 8.08. The second-order valence-electron chi connectivity index (χ2n) is 5.69. The van der Waals surface area contributed by atoms with Crippen molar-refractivity contribution in [2.45, 2.75) is 25.7 Å². The Balaban J connectivity index is 1.47. The first-order chi connectivity index (χ1) is 11.3. The summed E-state index contributed by atoms with van der Waals surface area (Å²) in [5.41, 5.74) is 1.14. The number of hydrogen-bond acceptors (Lipinski definition) is 3. The monoisotopic (exact) mass is 315 g/mol. The summed E-state index contributed by atoms with van der Waals surface area (Å²) in [5.74, 6) is 1.65. The van der Waals surface area contributed by atoms with Crippen LogP contribution in [-0.2, 0) is 6.61 Å². The molecule has 3 rings (SSSR count). The van der Waals surface area contributed by atoms with Crippen LogP contribution in [0.1, 0.15) is 18.4 Å². The summed E-state index contributed by atoms with van der Waals surface area (Å²) in [6.45, 7) is 2.04. The zero-order valence-corrected chi connectivity index (χ0v) is 13.2. The van der Waals surface area contributed by atoms with Crippen molar-refractivity contribution in [1.82, 2.24) is 4.90 Å². The molecule has 0 spiro atoms. The van der Waals surface area contributed by atoms with Crippen LogP contribution in [-0.4, -0.2) is 30.9 Å². The minimum atomic E-state index is -0.267. The number of nitrogens with zero attached hydrogens (tertiary/aromatic N) is 1. The van der Waals surface area contributed by atoms with E-state index in [1.165, 1.54) is 0 Å². The van der Waals surface area contributed by atoms with E-state index in [2.05, 4.69) is 4.90 Å². The van der Waals surface area contributed by atoms with Crippen LogP contribution in [0.2, 0.25) is 0 Å². The zero-order chi connectivity index (χ0) is 15.9. The van der Waals surface area contributed by atoms with Crippen molar-refractivity contribution in [3.05, 3.63) is 60.2 Å². The second kappa shape index (κ2) is 7.97. The van der Waals surface area contributed by atoms with E-state index in [1.807, 2.05) is 54.6 Å². The molecule has 0 radical (unpaired) electrons. The van der Waals surface area contributed by atoms with E-state index in [4.69, 9.17) is 9.47 Å². The van der Waals surface area contributed by atoms with Gasteiger partial charge in [-0.2, -0.15) is 0 Å². The minimum absolute atomic E-state index is 0.0811. The van der Waals surface area contributed by atoms with Crippen molar-refractivity contribution in [3.63, 3.8) is 0 Å². The highest BCUT2D eigenvalue weighted by Crippen LogP contribution is 2.24. The Morgan fingerprint density at radius 1 is 1.00 bits per heavy atom. The predicted molar refractivity (Wildman–Crippen MR) is 88.4 cm³/mol. The predicted octanol–water partition coefficient (Wildman–Crippen LogP) is 4.04. The van der Waals surface area contributed by atoms with Gasteiger partial charge in [-0.3, -0.25) is 9.29 Å². The van der Waals surface area contributed by atoms with Gasteiger partial charge in [0.15, 0.2) is 6.23 Å². The standard InChI is InChI=1S/C19H22FNO2/c20-12-4-13-21-14-11-19(21)23-18-9-7-17(8-10-18)22-15-16-5-2-1-3-6-16/h1-3,5-10,19H,4,11-15H2. The van der Waals surface area contributed by atoms with Crippen LogP contribution < -0.4 is 9.47 Å². The fraction of sp³-hybridized carbons (Fsp3) is 0.368. The molecule has 1 unspecified atom stereocenters. The van der Waals surface area contributed by atoms with Crippen LogP contribution in [0.15, 0.2) is 54.6 Å². The Morgan fingerprint density at radius 3 is 2.39 bits per heavy atom. The summed E-state index contributed by atoms with van der Waals surface area (Å²) in [6.07, 6.45) is 1.66. The van der Waals surface area contributed by atoms with Crippen LogP contribution in [0, 0.1) is 0 Å². The molecule has 0 N–H and O–H groups in total. The summed E-state index contributed by atoms with van der Waals surface area (Å²) < 4.78 is 23.9. The van der Waals surface area contributed by atoms with E-state index in [0.29, 0.717) is 13.0 Å². The molecule has 0 amide bonds. The van der Waals surface area contributed by atoms with E-state index in [9.17, 15) is 4.39 Å². The van der Waals surface area contributed by atoms with Gasteiger partial charge in [-0.25, -0.2) is 0 Å². The Hall–Kier alpha value is -2.07. The fourth-order valence-electron chi connectivity index (χ4n) is 2.58. The maximum atomic E-state index is 12.2. The fourth-order valence-corrected chi connectivity index (χ4v) is 2.58. The summed E-state index contributed by atoms with van der Waals surface area (Å²) in [4.78, 5) is 2.17. The van der Waals surface area contributed by atoms with Crippen molar-refractivity contribution in [3.8, 4) is 11.5 Å². The molecule has 0 saturated carbocycles. The topological polar surface area (TPSA) is 21.7 Å². The summed E-state index contributed by atoms with van der Waals surface area (Å²) in [5, 5.41) is 0. The highest BCUT2D eigenvalue weighted by atomic mass is 19.1. The largest absolute Gasteiger partial charge is 0.489 e. The Morgan fingerprint density at radius 2 is 1.74 bits per heavy atom. The summed E-state index contributed by atoms with van der Waals surface area (Å²) >= 11 is 0. The van der Waals surface area contributed by atoms with Gasteiger partial charge in [0.05, 0.1) is 6.67 Å². The van der Waals surface area contributed by atoms with Crippen LogP contribution >= 0.6 is 0 Å². The van der Waals surface area contributed by atoms with Gasteiger partial charge in [-0.05, 0) is 36.2 Å². The molecule has 1 atom stereocenters. The molecule has 0 aliphatic carbocycles. The SMILES string of the molecule is FCCCN1CCC1Oc1ccc(OCc2ccccc2)cc1. The lowest BCUT2D eigenvalue weighted by Crippen LogP contribution is -2.51. The van der Waals surface area contributed by atoms with E-state index in [1.54, 1.807) is 0 Å². The molecule has 2 aromatic carbocycles. The number of benzene rings is 2. The first kappa shape index (κ1) is 15.8. The second-order valence-corrected chi connectivity index (χ2v) is 5.69. The quantitative estimate of drug-likeness (QED) is 0.734. The third-order valence-electron chi connectivity index (χ3n) is 3.99. The molecule has 0 bridgehead atoms. The lowest BCUT2D eigenvalue weighted by atomic mass is 10.1. The van der Waals surface area contributed by atoms with Crippen LogP contribution in [0.25, 0.3) is 0 Å². The minimum Gasteiger partial charge on any atom is -0.489 e. The lowest BCUT2D eigenvalue weighted by Gasteiger charge is -2.40. The number of alkyl halides is 1. The molecule has 0 aromatic heterocycles. The summed E-state index contributed by atoms with van der Waals surface area (Å²) in [6, 6.07) is 17.8. The van der Waals surface area contributed by atoms with Crippen LogP contribution in [0.3, 0.4) is 0 Å². The zero-order valence-electron chi connectivity index (χ0n) is 13.2. The number of likely N-dealkylation sites (tertiary alicyclic amines) is 1. The third kappa shape index (κ3) is 4.45. The van der Waals surface area contributed by atoms with Gasteiger partial charge in [0.2, 0.25) is 0 Å². The maximum absolute atomic E-state index is 12.2. The van der Waals surface area contributed by atoms with Crippen LogP contribution in [0.5, 0.6) is 11.5 Å². The smallest absolute Gasteiger partial charge is 0.153 e. The van der Waals surface area contributed by atoms with E-state index < -0.39 is 0 Å². The van der Waals surface area contributed by atoms with Gasteiger partial charge in [0.25, 0.3) is 0 Å². The molecule has 2 aromatic rings. The number of hydrogen-bond donors (Lipinski definition) is 0. The van der Waals surface area contributed by atoms with Gasteiger partial charge in [0, 0.05) is 19.5 Å². The van der Waals surface area contributed by atoms with Crippen molar-refractivity contribution in [2.24, 2.45) is 0 Å². The highest BCUT2D eigenvalue weighted by molar-refractivity contribution is 5.31. The number of halogens is 1. The van der Waals surface area contributed by atoms with Crippen molar-refractivity contribution in [1.29, 1.82) is 0 Å². The highest BCUT2D eigenvalue weighted by Gasteiger charge is 2.28. The van der Waals surface area contributed by atoms with E-state index in [-0.39, 0.29) is 12.9 Å². The van der Waals surface area contributed by atoms with Gasteiger partial charge in [-0.1, -0.05) is 30.3 Å². The molecule has 3 nitrogen and oxygen atoms in total. The molecule has 4 heteroatoms. The number of ether oxygens (including phenoxy) is 2. The molecular weight excluding hydrogens is 293 g/mol. The molecule has 1 fully saturated rings. The Kier molecular flexibility index (Phi) is 5.48. The maximum Gasteiger partial charge on any atom is 0.153 e. The van der Waals surface area contributed by atoms with E-state index in [0.717, 1.165) is 36.6 Å². The average molecular weight is 315 g/mol. The molecule has 1 heterocycles. The molecule has 1 saturated heterocycles.